The third-order valence-corrected chi connectivity index (χ3v) is 6.03. The maximum atomic E-state index is 11.7. The van der Waals surface area contributed by atoms with Gasteiger partial charge in [0.2, 0.25) is 11.9 Å². The maximum Gasteiger partial charge on any atom is 0.227 e. The van der Waals surface area contributed by atoms with Gasteiger partial charge in [0.25, 0.3) is 0 Å². The second-order valence-corrected chi connectivity index (χ2v) is 7.87. The molecule has 3 saturated heterocycles. The van der Waals surface area contributed by atoms with Crippen LogP contribution in [0, 0.1) is 0 Å². The van der Waals surface area contributed by atoms with Gasteiger partial charge in [0.15, 0.2) is 0 Å². The Bertz CT molecular complexity index is 643. The Morgan fingerprint density at radius 1 is 1.14 bits per heavy atom. The highest BCUT2D eigenvalue weighted by molar-refractivity contribution is 5.78. The van der Waals surface area contributed by atoms with Gasteiger partial charge in [-0.3, -0.25) is 9.69 Å². The monoisotopic (exact) mass is 388 g/mol. The second kappa shape index (κ2) is 9.52. The normalized spacial score (nSPS) is 22.1. The molecule has 4 rings (SSSR count). The van der Waals surface area contributed by atoms with E-state index in [1.54, 1.807) is 0 Å². The minimum Gasteiger partial charge on any atom is -0.379 e. The Kier molecular flexibility index (Phi) is 6.59. The Labute approximate surface area is 167 Å². The predicted octanol–water partition coefficient (Wildman–Crippen LogP) is 1.20. The lowest BCUT2D eigenvalue weighted by atomic mass is 10.0. The second-order valence-electron chi connectivity index (χ2n) is 7.87. The molecule has 1 aromatic heterocycles. The lowest BCUT2D eigenvalue weighted by molar-refractivity contribution is -0.127. The summed E-state index contributed by atoms with van der Waals surface area (Å²) in [6, 6.07) is 2.58. The molecule has 0 radical (unpaired) electrons. The van der Waals surface area contributed by atoms with Crippen molar-refractivity contribution in [2.24, 2.45) is 0 Å². The van der Waals surface area contributed by atoms with Gasteiger partial charge in [-0.2, -0.15) is 4.98 Å². The molecule has 3 fully saturated rings. The van der Waals surface area contributed by atoms with Crippen molar-refractivity contribution in [3.63, 3.8) is 0 Å². The lowest BCUT2D eigenvalue weighted by Crippen LogP contribution is -2.49. The quantitative estimate of drug-likeness (QED) is 0.704. The average molecular weight is 389 g/mol. The fourth-order valence-electron chi connectivity index (χ4n) is 4.40. The molecule has 1 aromatic rings. The number of nitrogens with zero attached hydrogens (tertiary/aromatic N) is 5. The molecule has 1 amide bonds. The molecule has 0 aromatic carbocycles. The van der Waals surface area contributed by atoms with Crippen molar-refractivity contribution in [3.8, 4) is 0 Å². The minimum atomic E-state index is 0.296. The van der Waals surface area contributed by atoms with Crippen molar-refractivity contribution in [2.45, 2.75) is 38.1 Å². The van der Waals surface area contributed by atoms with E-state index in [9.17, 15) is 4.79 Å². The van der Waals surface area contributed by atoms with Crippen molar-refractivity contribution < 1.29 is 9.53 Å². The van der Waals surface area contributed by atoms with Crippen LogP contribution in [0.1, 0.15) is 32.1 Å². The van der Waals surface area contributed by atoms with Crippen LogP contribution in [0.3, 0.4) is 0 Å². The first-order valence-electron chi connectivity index (χ1n) is 10.7. The van der Waals surface area contributed by atoms with E-state index < -0.39 is 0 Å². The maximum absolute atomic E-state index is 11.7. The van der Waals surface area contributed by atoms with Crippen LogP contribution in [-0.2, 0) is 9.53 Å². The van der Waals surface area contributed by atoms with Crippen molar-refractivity contribution in [1.29, 1.82) is 0 Å². The van der Waals surface area contributed by atoms with Crippen LogP contribution in [0.2, 0.25) is 0 Å². The molecule has 0 saturated carbocycles. The molecule has 8 heteroatoms. The first-order valence-corrected chi connectivity index (χ1v) is 10.7. The van der Waals surface area contributed by atoms with Crippen molar-refractivity contribution in [2.75, 3.05) is 69.2 Å². The molecule has 0 aliphatic carbocycles. The van der Waals surface area contributed by atoms with Crippen molar-refractivity contribution in [3.05, 3.63) is 12.3 Å². The fraction of sp³-hybridized carbons (Fsp3) is 0.750. The minimum absolute atomic E-state index is 0.296. The number of rotatable bonds is 7. The van der Waals surface area contributed by atoms with Gasteiger partial charge < -0.3 is 19.9 Å². The predicted molar refractivity (Wildman–Crippen MR) is 109 cm³/mol. The van der Waals surface area contributed by atoms with E-state index in [0.717, 1.165) is 96.5 Å². The highest BCUT2D eigenvalue weighted by Gasteiger charge is 2.26. The van der Waals surface area contributed by atoms with Gasteiger partial charge in [0, 0.05) is 64.5 Å². The number of likely N-dealkylation sites (tertiary alicyclic amines) is 1. The van der Waals surface area contributed by atoms with Crippen LogP contribution in [0.4, 0.5) is 11.8 Å². The summed E-state index contributed by atoms with van der Waals surface area (Å²) in [6.07, 6.45) is 6.81. The SMILES string of the molecule is O=C1CCCN1CCCNc1ccnc(N2CCC(N3CCOCC3)CC2)n1. The fourth-order valence-corrected chi connectivity index (χ4v) is 4.40. The standard InChI is InChI=1S/C20H32N6O2/c27-19-3-1-9-25(19)10-2-7-21-18-4-8-22-20(23-18)26-11-5-17(6-12-26)24-13-15-28-16-14-24/h4,8,17H,1-3,5-7,9-16H2,(H,21,22,23). The van der Waals surface area contributed by atoms with Gasteiger partial charge >= 0.3 is 0 Å². The molecule has 28 heavy (non-hydrogen) atoms. The number of aromatic nitrogens is 2. The highest BCUT2D eigenvalue weighted by atomic mass is 16.5. The number of piperidine rings is 1. The molecule has 1 N–H and O–H groups in total. The summed E-state index contributed by atoms with van der Waals surface area (Å²) >= 11 is 0. The van der Waals surface area contributed by atoms with E-state index in [-0.39, 0.29) is 0 Å². The number of anilines is 2. The third kappa shape index (κ3) is 4.91. The molecule has 0 atom stereocenters. The molecule has 4 heterocycles. The number of carbonyl (C=O) groups is 1. The summed E-state index contributed by atoms with van der Waals surface area (Å²) in [6.45, 7) is 8.42. The molecule has 8 nitrogen and oxygen atoms in total. The third-order valence-electron chi connectivity index (χ3n) is 6.03. The summed E-state index contributed by atoms with van der Waals surface area (Å²) in [7, 11) is 0. The molecule has 3 aliphatic rings. The average Bonchev–Trinajstić information content (AvgIpc) is 3.17. The number of morpholine rings is 1. The van der Waals surface area contributed by atoms with Crippen molar-refractivity contribution >= 4 is 17.7 Å². The zero-order valence-electron chi connectivity index (χ0n) is 16.7. The molecule has 0 unspecified atom stereocenters. The number of hydrogen-bond donors (Lipinski definition) is 1. The summed E-state index contributed by atoms with van der Waals surface area (Å²) in [5, 5.41) is 3.39. The number of nitrogens with one attached hydrogen (secondary N) is 1. The van der Waals surface area contributed by atoms with Gasteiger partial charge in [0.1, 0.15) is 5.82 Å². The molecule has 0 spiro atoms. The van der Waals surface area contributed by atoms with E-state index in [1.165, 1.54) is 0 Å². The molecule has 3 aliphatic heterocycles. The Balaban J connectivity index is 1.22. The molecule has 0 bridgehead atoms. The van der Waals surface area contributed by atoms with E-state index >= 15 is 0 Å². The topological polar surface area (TPSA) is 73.8 Å². The summed E-state index contributed by atoms with van der Waals surface area (Å²) in [5.41, 5.74) is 0. The van der Waals surface area contributed by atoms with E-state index in [0.29, 0.717) is 18.4 Å². The van der Waals surface area contributed by atoms with E-state index in [1.807, 2.05) is 17.2 Å². The first kappa shape index (κ1) is 19.4. The van der Waals surface area contributed by atoms with E-state index in [2.05, 4.69) is 20.1 Å². The summed E-state index contributed by atoms with van der Waals surface area (Å²) in [4.78, 5) is 27.7. The zero-order chi connectivity index (χ0) is 19.2. The van der Waals surface area contributed by atoms with Crippen LogP contribution < -0.4 is 10.2 Å². The number of ether oxygens (including phenoxy) is 1. The van der Waals surface area contributed by atoms with Gasteiger partial charge in [-0.05, 0) is 31.7 Å². The van der Waals surface area contributed by atoms with Crippen LogP contribution in [0.5, 0.6) is 0 Å². The van der Waals surface area contributed by atoms with Crippen LogP contribution in [0.25, 0.3) is 0 Å². The smallest absolute Gasteiger partial charge is 0.227 e. The van der Waals surface area contributed by atoms with Gasteiger partial charge in [-0.25, -0.2) is 4.98 Å². The number of amides is 1. The van der Waals surface area contributed by atoms with Crippen molar-refractivity contribution in [1.82, 2.24) is 19.8 Å². The molecular weight excluding hydrogens is 356 g/mol. The van der Waals surface area contributed by atoms with Crippen LogP contribution >= 0.6 is 0 Å². The van der Waals surface area contributed by atoms with Gasteiger partial charge in [-0.15, -0.1) is 0 Å². The van der Waals surface area contributed by atoms with Gasteiger partial charge in [-0.1, -0.05) is 0 Å². The van der Waals surface area contributed by atoms with Gasteiger partial charge in [0.05, 0.1) is 13.2 Å². The first-order chi connectivity index (χ1) is 13.8. The lowest BCUT2D eigenvalue weighted by Gasteiger charge is -2.40. The largest absolute Gasteiger partial charge is 0.379 e. The Morgan fingerprint density at radius 2 is 1.96 bits per heavy atom. The Morgan fingerprint density at radius 3 is 2.71 bits per heavy atom. The number of carbonyl (C=O) groups excluding carboxylic acids is 1. The summed E-state index contributed by atoms with van der Waals surface area (Å²) < 4.78 is 5.47. The molecular formula is C20H32N6O2. The van der Waals surface area contributed by atoms with Crippen LogP contribution in [-0.4, -0.2) is 90.7 Å². The molecule has 154 valence electrons. The Hall–Kier alpha value is -1.93. The number of hydrogen-bond acceptors (Lipinski definition) is 7. The summed E-state index contributed by atoms with van der Waals surface area (Å²) in [5.74, 6) is 1.98. The highest BCUT2D eigenvalue weighted by Crippen LogP contribution is 2.21. The van der Waals surface area contributed by atoms with E-state index in [4.69, 9.17) is 9.72 Å². The zero-order valence-corrected chi connectivity index (χ0v) is 16.7. The van der Waals surface area contributed by atoms with Crippen LogP contribution in [0.15, 0.2) is 12.3 Å².